The minimum Gasteiger partial charge on any atom is -0.340 e. The summed E-state index contributed by atoms with van der Waals surface area (Å²) in [7, 11) is 0. The number of hydrogen-bond acceptors (Lipinski definition) is 6. The predicted molar refractivity (Wildman–Crippen MR) is 132 cm³/mol. The zero-order chi connectivity index (χ0) is 23.0. The number of nitrogens with one attached hydrogen (secondary N) is 3. The van der Waals surface area contributed by atoms with E-state index in [0.29, 0.717) is 30.3 Å². The second-order valence-electron chi connectivity index (χ2n) is 7.77. The van der Waals surface area contributed by atoms with Crippen LogP contribution in [0.4, 0.5) is 28.8 Å². The zero-order valence-electron chi connectivity index (χ0n) is 18.7. The summed E-state index contributed by atoms with van der Waals surface area (Å²) >= 11 is 0. The summed E-state index contributed by atoms with van der Waals surface area (Å²) in [6, 6.07) is 23.3. The van der Waals surface area contributed by atoms with Crippen molar-refractivity contribution in [1.29, 1.82) is 0 Å². The molecule has 166 valence electrons. The zero-order valence-corrected chi connectivity index (χ0v) is 18.7. The molecule has 0 saturated carbocycles. The third-order valence-electron chi connectivity index (χ3n) is 4.93. The fraction of sp³-hybridized carbons (Fsp3) is 0.154. The van der Waals surface area contributed by atoms with Gasteiger partial charge in [-0.25, -0.2) is 15.0 Å². The highest BCUT2D eigenvalue weighted by atomic mass is 16.1. The van der Waals surface area contributed by atoms with Gasteiger partial charge in [-0.3, -0.25) is 4.79 Å². The average molecular weight is 439 g/mol. The number of pyridine rings is 1. The standard InChI is InChI=1S/C26H26N6O/c1-18-14-15-27-23(16-18)32-25-17-24(28-19(2)29-25)30-21-9-11-22(12-10-21)31-26(33)13-8-20-6-4-3-5-7-20/h3-7,9-12,14-17H,8,13H2,1-2H3,(H,31,33)(H2,27,28,29,30,32). The summed E-state index contributed by atoms with van der Waals surface area (Å²) in [4.78, 5) is 25.5. The molecule has 0 bridgehead atoms. The van der Waals surface area contributed by atoms with Crippen molar-refractivity contribution in [2.75, 3.05) is 16.0 Å². The summed E-state index contributed by atoms with van der Waals surface area (Å²) in [6.45, 7) is 3.86. The molecule has 7 heteroatoms. The molecule has 0 atom stereocenters. The SMILES string of the molecule is Cc1ccnc(Nc2cc(Nc3ccc(NC(=O)CCc4ccccc4)cc3)nc(C)n2)c1. The van der Waals surface area contributed by atoms with Gasteiger partial charge in [0.25, 0.3) is 0 Å². The highest BCUT2D eigenvalue weighted by Crippen LogP contribution is 2.21. The quantitative estimate of drug-likeness (QED) is 0.334. The minimum absolute atomic E-state index is 0.00791. The molecular weight excluding hydrogens is 412 g/mol. The van der Waals surface area contributed by atoms with Crippen LogP contribution in [-0.2, 0) is 11.2 Å². The van der Waals surface area contributed by atoms with Crippen molar-refractivity contribution < 1.29 is 4.79 Å². The minimum atomic E-state index is -0.00791. The number of carbonyl (C=O) groups excluding carboxylic acids is 1. The molecule has 2 heterocycles. The van der Waals surface area contributed by atoms with E-state index >= 15 is 0 Å². The Kier molecular flexibility index (Phi) is 6.90. The van der Waals surface area contributed by atoms with Crippen LogP contribution in [0, 0.1) is 13.8 Å². The van der Waals surface area contributed by atoms with E-state index < -0.39 is 0 Å². The Morgan fingerprint density at radius 1 is 0.788 bits per heavy atom. The first-order valence-electron chi connectivity index (χ1n) is 10.8. The van der Waals surface area contributed by atoms with E-state index in [0.717, 1.165) is 28.3 Å². The number of aryl methyl sites for hydroxylation is 3. The number of carbonyl (C=O) groups is 1. The van der Waals surface area contributed by atoms with Gasteiger partial charge >= 0.3 is 0 Å². The van der Waals surface area contributed by atoms with Crippen LogP contribution in [0.5, 0.6) is 0 Å². The number of aromatic nitrogens is 3. The molecule has 4 rings (SSSR count). The van der Waals surface area contributed by atoms with Gasteiger partial charge in [-0.1, -0.05) is 30.3 Å². The molecule has 3 N–H and O–H groups in total. The van der Waals surface area contributed by atoms with Gasteiger partial charge < -0.3 is 16.0 Å². The Morgan fingerprint density at radius 3 is 2.21 bits per heavy atom. The lowest BCUT2D eigenvalue weighted by molar-refractivity contribution is -0.116. The highest BCUT2D eigenvalue weighted by Gasteiger charge is 2.06. The van der Waals surface area contributed by atoms with Crippen molar-refractivity contribution in [2.45, 2.75) is 26.7 Å². The molecule has 0 unspecified atom stereocenters. The fourth-order valence-corrected chi connectivity index (χ4v) is 3.34. The monoisotopic (exact) mass is 438 g/mol. The van der Waals surface area contributed by atoms with E-state index in [1.165, 1.54) is 0 Å². The van der Waals surface area contributed by atoms with Crippen LogP contribution in [0.1, 0.15) is 23.4 Å². The van der Waals surface area contributed by atoms with Crippen LogP contribution in [0.15, 0.2) is 79.0 Å². The lowest BCUT2D eigenvalue weighted by Gasteiger charge is -2.11. The van der Waals surface area contributed by atoms with E-state index in [1.807, 2.05) is 86.6 Å². The average Bonchev–Trinajstić information content (AvgIpc) is 2.79. The van der Waals surface area contributed by atoms with Gasteiger partial charge in [0.2, 0.25) is 5.91 Å². The van der Waals surface area contributed by atoms with E-state index in [4.69, 9.17) is 0 Å². The second kappa shape index (κ2) is 10.4. The van der Waals surface area contributed by atoms with Gasteiger partial charge in [0.1, 0.15) is 23.3 Å². The van der Waals surface area contributed by atoms with E-state index in [9.17, 15) is 4.79 Å². The molecule has 7 nitrogen and oxygen atoms in total. The maximum Gasteiger partial charge on any atom is 0.224 e. The molecule has 0 aliphatic heterocycles. The lowest BCUT2D eigenvalue weighted by atomic mass is 10.1. The van der Waals surface area contributed by atoms with Gasteiger partial charge in [-0.2, -0.15) is 0 Å². The third-order valence-corrected chi connectivity index (χ3v) is 4.93. The summed E-state index contributed by atoms with van der Waals surface area (Å²) in [5.74, 6) is 2.68. The van der Waals surface area contributed by atoms with Crippen molar-refractivity contribution in [3.63, 3.8) is 0 Å². The molecule has 4 aromatic rings. The Bertz CT molecular complexity index is 1230. The molecule has 0 fully saturated rings. The first kappa shape index (κ1) is 22.0. The van der Waals surface area contributed by atoms with Gasteiger partial charge in [0.05, 0.1) is 0 Å². The largest absolute Gasteiger partial charge is 0.340 e. The van der Waals surface area contributed by atoms with Crippen LogP contribution in [0.3, 0.4) is 0 Å². The second-order valence-corrected chi connectivity index (χ2v) is 7.77. The Labute approximate surface area is 193 Å². The topological polar surface area (TPSA) is 91.8 Å². The Morgan fingerprint density at radius 2 is 1.48 bits per heavy atom. The number of amides is 1. The van der Waals surface area contributed by atoms with Crippen LogP contribution in [-0.4, -0.2) is 20.9 Å². The molecule has 0 aliphatic carbocycles. The smallest absolute Gasteiger partial charge is 0.224 e. The predicted octanol–water partition coefficient (Wildman–Crippen LogP) is 5.55. The lowest BCUT2D eigenvalue weighted by Crippen LogP contribution is -2.12. The molecule has 2 aromatic carbocycles. The third kappa shape index (κ3) is 6.61. The molecule has 0 radical (unpaired) electrons. The molecule has 0 aliphatic rings. The summed E-state index contributed by atoms with van der Waals surface area (Å²) < 4.78 is 0. The molecule has 0 saturated heterocycles. The first-order chi connectivity index (χ1) is 16.0. The maximum absolute atomic E-state index is 12.3. The number of nitrogens with zero attached hydrogens (tertiary/aromatic N) is 3. The van der Waals surface area contributed by atoms with E-state index in [-0.39, 0.29) is 5.91 Å². The number of anilines is 5. The van der Waals surface area contributed by atoms with Gasteiger partial charge in [0, 0.05) is 30.1 Å². The van der Waals surface area contributed by atoms with Crippen LogP contribution in [0.25, 0.3) is 0 Å². The van der Waals surface area contributed by atoms with Crippen molar-refractivity contribution >= 4 is 34.7 Å². The van der Waals surface area contributed by atoms with Crippen LogP contribution >= 0.6 is 0 Å². The van der Waals surface area contributed by atoms with Crippen molar-refractivity contribution in [3.8, 4) is 0 Å². The summed E-state index contributed by atoms with van der Waals surface area (Å²) in [5.41, 5.74) is 3.88. The summed E-state index contributed by atoms with van der Waals surface area (Å²) in [6.07, 6.45) is 2.91. The Hall–Kier alpha value is -4.26. The van der Waals surface area contributed by atoms with Gasteiger partial charge in [-0.15, -0.1) is 0 Å². The normalized spacial score (nSPS) is 10.5. The number of rotatable bonds is 8. The van der Waals surface area contributed by atoms with Crippen LogP contribution in [0.2, 0.25) is 0 Å². The maximum atomic E-state index is 12.3. The van der Waals surface area contributed by atoms with Gasteiger partial charge in [-0.05, 0) is 67.8 Å². The molecular formula is C26H26N6O. The molecule has 33 heavy (non-hydrogen) atoms. The van der Waals surface area contributed by atoms with Gasteiger partial charge in [0.15, 0.2) is 0 Å². The first-order valence-corrected chi connectivity index (χ1v) is 10.8. The van der Waals surface area contributed by atoms with E-state index in [1.54, 1.807) is 6.20 Å². The van der Waals surface area contributed by atoms with Crippen LogP contribution < -0.4 is 16.0 Å². The number of hydrogen-bond donors (Lipinski definition) is 3. The number of benzene rings is 2. The fourth-order valence-electron chi connectivity index (χ4n) is 3.34. The highest BCUT2D eigenvalue weighted by molar-refractivity contribution is 5.91. The van der Waals surface area contributed by atoms with Crippen molar-refractivity contribution in [3.05, 3.63) is 95.9 Å². The summed E-state index contributed by atoms with van der Waals surface area (Å²) in [5, 5.41) is 9.45. The van der Waals surface area contributed by atoms with Crippen molar-refractivity contribution in [2.24, 2.45) is 0 Å². The van der Waals surface area contributed by atoms with Crippen molar-refractivity contribution in [1.82, 2.24) is 15.0 Å². The molecule has 1 amide bonds. The molecule has 0 spiro atoms. The molecule has 2 aromatic heterocycles. The van der Waals surface area contributed by atoms with E-state index in [2.05, 4.69) is 30.9 Å². The Balaban J connectivity index is 1.35.